The molecule has 0 atom stereocenters. The van der Waals surface area contributed by atoms with Crippen molar-refractivity contribution in [2.75, 3.05) is 0 Å². The second-order valence-corrected chi connectivity index (χ2v) is 20.1. The lowest BCUT2D eigenvalue weighted by Gasteiger charge is -2.35. The molecule has 5 heteroatoms. The third-order valence-electron chi connectivity index (χ3n) is 11.3. The number of aromatic nitrogens is 2. The number of hydrogen-bond acceptors (Lipinski definition) is 3. The van der Waals surface area contributed by atoms with Gasteiger partial charge in [0.15, 0.2) is 13.2 Å². The van der Waals surface area contributed by atoms with Crippen LogP contribution in [0.4, 0.5) is 0 Å². The van der Waals surface area contributed by atoms with Crippen molar-refractivity contribution in [2.24, 2.45) is 0 Å². The molecule has 0 bridgehead atoms. The molecular formula is C50H34N2S2Si. The molecule has 2 nitrogen and oxygen atoms in total. The normalized spacial score (nSPS) is 12.6. The predicted molar refractivity (Wildman–Crippen MR) is 238 cm³/mol. The SMILES string of the molecule is c1ccc([Si](c2ccccc2)(c2cccc(-c3ccc4c(c3)nc3n4-c4ccccc4CS3)c2)c2cccc(-c3cccc4c3sc3ccccc34)c2)cc1. The first-order chi connectivity index (χ1) is 27.3. The first kappa shape index (κ1) is 32.4. The van der Waals surface area contributed by atoms with Gasteiger partial charge >= 0.3 is 0 Å². The van der Waals surface area contributed by atoms with Gasteiger partial charge < -0.3 is 0 Å². The van der Waals surface area contributed by atoms with Crippen molar-refractivity contribution in [2.45, 2.75) is 10.9 Å². The number of para-hydroxylation sites is 1. The minimum absolute atomic E-state index is 0.945. The molecule has 0 N–H and O–H groups in total. The summed E-state index contributed by atoms with van der Waals surface area (Å²) in [5.74, 6) is 0.945. The van der Waals surface area contributed by atoms with E-state index < -0.39 is 8.07 Å². The fourth-order valence-electron chi connectivity index (χ4n) is 8.76. The van der Waals surface area contributed by atoms with E-state index in [9.17, 15) is 0 Å². The lowest BCUT2D eigenvalue weighted by atomic mass is 10.0. The Balaban J connectivity index is 1.11. The Bertz CT molecular complexity index is 3020. The van der Waals surface area contributed by atoms with Crippen molar-refractivity contribution in [3.63, 3.8) is 0 Å². The molecule has 0 saturated carbocycles. The van der Waals surface area contributed by atoms with E-state index in [2.05, 4.69) is 199 Å². The van der Waals surface area contributed by atoms with Crippen molar-refractivity contribution in [1.29, 1.82) is 0 Å². The molecule has 0 radical (unpaired) electrons. The van der Waals surface area contributed by atoms with Crippen LogP contribution in [0.5, 0.6) is 0 Å². The number of imidazole rings is 1. The maximum Gasteiger partial charge on any atom is 0.179 e. The molecule has 8 aromatic carbocycles. The summed E-state index contributed by atoms with van der Waals surface area (Å²) in [6, 6.07) is 72.4. The lowest BCUT2D eigenvalue weighted by Crippen LogP contribution is -2.74. The number of rotatable bonds is 6. The van der Waals surface area contributed by atoms with Gasteiger partial charge in [-0.25, -0.2) is 4.98 Å². The molecule has 3 heterocycles. The second-order valence-electron chi connectivity index (χ2n) is 14.3. The van der Waals surface area contributed by atoms with Crippen molar-refractivity contribution in [3.8, 4) is 27.9 Å². The highest BCUT2D eigenvalue weighted by molar-refractivity contribution is 7.98. The highest BCUT2D eigenvalue weighted by atomic mass is 32.2. The van der Waals surface area contributed by atoms with E-state index in [1.807, 2.05) is 23.1 Å². The van der Waals surface area contributed by atoms with Gasteiger partial charge in [0.2, 0.25) is 0 Å². The van der Waals surface area contributed by atoms with Crippen LogP contribution >= 0.6 is 23.1 Å². The number of benzene rings is 8. The molecular weight excluding hydrogens is 721 g/mol. The quantitative estimate of drug-likeness (QED) is 0.124. The molecule has 55 heavy (non-hydrogen) atoms. The molecule has 10 aromatic rings. The van der Waals surface area contributed by atoms with Gasteiger partial charge in [0.1, 0.15) is 0 Å². The maximum atomic E-state index is 5.16. The van der Waals surface area contributed by atoms with Crippen LogP contribution in [0, 0.1) is 0 Å². The second kappa shape index (κ2) is 13.1. The molecule has 0 amide bonds. The van der Waals surface area contributed by atoms with Crippen molar-refractivity contribution in [1.82, 2.24) is 9.55 Å². The van der Waals surface area contributed by atoms with Gasteiger partial charge in [-0.3, -0.25) is 4.57 Å². The molecule has 2 aromatic heterocycles. The molecule has 0 saturated heterocycles. The highest BCUT2D eigenvalue weighted by Crippen LogP contribution is 2.40. The summed E-state index contributed by atoms with van der Waals surface area (Å²) in [5.41, 5.74) is 9.69. The van der Waals surface area contributed by atoms with Gasteiger partial charge in [-0.2, -0.15) is 0 Å². The first-order valence-electron chi connectivity index (χ1n) is 18.7. The number of thiophene rings is 1. The average molecular weight is 755 g/mol. The van der Waals surface area contributed by atoms with E-state index in [-0.39, 0.29) is 0 Å². The van der Waals surface area contributed by atoms with E-state index in [0.29, 0.717) is 0 Å². The van der Waals surface area contributed by atoms with Crippen LogP contribution in [-0.2, 0) is 5.75 Å². The summed E-state index contributed by atoms with van der Waals surface area (Å²) in [4.78, 5) is 5.16. The molecule has 0 unspecified atom stereocenters. The third-order valence-corrected chi connectivity index (χ3v) is 18.2. The third kappa shape index (κ3) is 5.19. The summed E-state index contributed by atoms with van der Waals surface area (Å²) in [5, 5.41) is 9.16. The topological polar surface area (TPSA) is 17.8 Å². The molecule has 11 rings (SSSR count). The van der Waals surface area contributed by atoms with E-state index in [1.165, 1.54) is 74.4 Å². The summed E-state index contributed by atoms with van der Waals surface area (Å²) >= 11 is 3.71. The average Bonchev–Trinajstić information content (AvgIpc) is 3.84. The zero-order valence-corrected chi connectivity index (χ0v) is 32.5. The zero-order chi connectivity index (χ0) is 36.3. The van der Waals surface area contributed by atoms with Gasteiger partial charge in [0, 0.05) is 25.9 Å². The fraction of sp³-hybridized carbons (Fsp3) is 0.0200. The monoisotopic (exact) mass is 754 g/mol. The number of nitrogens with zero attached hydrogens (tertiary/aromatic N) is 2. The highest BCUT2D eigenvalue weighted by Gasteiger charge is 2.41. The van der Waals surface area contributed by atoms with Crippen LogP contribution in [-0.4, -0.2) is 17.6 Å². The Morgan fingerprint density at radius 3 is 1.91 bits per heavy atom. The van der Waals surface area contributed by atoms with Crippen LogP contribution in [0.3, 0.4) is 0 Å². The molecule has 0 fully saturated rings. The fourth-order valence-corrected chi connectivity index (χ4v) is 15.8. The van der Waals surface area contributed by atoms with Crippen LogP contribution in [0.2, 0.25) is 0 Å². The lowest BCUT2D eigenvalue weighted by molar-refractivity contribution is 0.894. The largest absolute Gasteiger partial charge is 0.287 e. The van der Waals surface area contributed by atoms with Gasteiger partial charge in [-0.05, 0) is 72.8 Å². The van der Waals surface area contributed by atoms with Crippen molar-refractivity contribution < 1.29 is 0 Å². The number of hydrogen-bond donors (Lipinski definition) is 0. The summed E-state index contributed by atoms with van der Waals surface area (Å²) in [6.45, 7) is 0. The van der Waals surface area contributed by atoms with E-state index >= 15 is 0 Å². The van der Waals surface area contributed by atoms with Crippen LogP contribution < -0.4 is 20.7 Å². The smallest absolute Gasteiger partial charge is 0.179 e. The van der Waals surface area contributed by atoms with E-state index in [1.54, 1.807) is 0 Å². The number of thioether (sulfide) groups is 1. The Kier molecular flexibility index (Phi) is 7.73. The molecule has 0 spiro atoms. The Hall–Kier alpha value is -5.98. The van der Waals surface area contributed by atoms with Gasteiger partial charge in [0.25, 0.3) is 0 Å². The first-order valence-corrected chi connectivity index (χ1v) is 22.5. The minimum Gasteiger partial charge on any atom is -0.287 e. The molecule has 0 aliphatic carbocycles. The summed E-state index contributed by atoms with van der Waals surface area (Å²) < 4.78 is 4.99. The Morgan fingerprint density at radius 1 is 0.491 bits per heavy atom. The number of fused-ring (bicyclic) bond motifs is 8. The van der Waals surface area contributed by atoms with Gasteiger partial charge in [-0.15, -0.1) is 11.3 Å². The van der Waals surface area contributed by atoms with E-state index in [4.69, 9.17) is 4.98 Å². The van der Waals surface area contributed by atoms with Gasteiger partial charge in [-0.1, -0.05) is 182 Å². The van der Waals surface area contributed by atoms with Crippen molar-refractivity contribution >= 4 is 83.1 Å². The molecule has 1 aliphatic heterocycles. The Morgan fingerprint density at radius 2 is 1.11 bits per heavy atom. The molecule has 260 valence electrons. The van der Waals surface area contributed by atoms with Gasteiger partial charge in [0.05, 0.1) is 16.7 Å². The Labute approximate surface area is 329 Å². The van der Waals surface area contributed by atoms with Crippen LogP contribution in [0.25, 0.3) is 59.1 Å². The zero-order valence-electron chi connectivity index (χ0n) is 29.9. The minimum atomic E-state index is -2.85. The summed E-state index contributed by atoms with van der Waals surface area (Å²) in [7, 11) is -2.85. The maximum absolute atomic E-state index is 5.16. The summed E-state index contributed by atoms with van der Waals surface area (Å²) in [6.07, 6.45) is 0. The van der Waals surface area contributed by atoms with Crippen LogP contribution in [0.15, 0.2) is 199 Å². The van der Waals surface area contributed by atoms with Crippen LogP contribution in [0.1, 0.15) is 5.56 Å². The van der Waals surface area contributed by atoms with Crippen molar-refractivity contribution in [3.05, 3.63) is 200 Å². The molecule has 1 aliphatic rings. The van der Waals surface area contributed by atoms with E-state index in [0.717, 1.165) is 21.9 Å². The standard InChI is InChI=1S/C50H34N2S2Si/c1-3-17-38(18-4-1)55(39-19-5-2-6-20-39,41-22-12-16-36(31-41)42-24-13-25-44-43-23-8-10-27-48(43)54-49(42)44)40-21-11-15-34(30-40)35-28-29-47-45(32-35)51-50-52(47)46-26-9-7-14-37(46)33-53-50/h1-32H,33H2. The predicted octanol–water partition coefficient (Wildman–Crippen LogP) is 10.7.